The Hall–Kier alpha value is -4.28. The third kappa shape index (κ3) is 5.03. The van der Waals surface area contributed by atoms with E-state index >= 15 is 0 Å². The number of amides is 2. The van der Waals surface area contributed by atoms with Gasteiger partial charge in [0, 0.05) is 5.92 Å². The molecule has 2 amide bonds. The molecular formula is C26H19ClN2O5. The summed E-state index contributed by atoms with van der Waals surface area (Å²) in [6.07, 6.45) is -0.645. The molecule has 0 atom stereocenters. The van der Waals surface area contributed by atoms with Crippen LogP contribution < -0.4 is 10.6 Å². The lowest BCUT2D eigenvalue weighted by atomic mass is 9.98. The number of carboxylic acid groups (broad SMARTS) is 1. The molecule has 0 saturated carbocycles. The minimum Gasteiger partial charge on any atom is -0.478 e. The summed E-state index contributed by atoms with van der Waals surface area (Å²) in [5.41, 5.74) is 4.60. The van der Waals surface area contributed by atoms with Crippen LogP contribution in [0, 0.1) is 11.8 Å². The fraction of sp³-hybridized carbons (Fsp3) is 0.115. The Morgan fingerprint density at radius 1 is 0.971 bits per heavy atom. The van der Waals surface area contributed by atoms with Crippen molar-refractivity contribution in [3.63, 3.8) is 0 Å². The molecule has 0 heterocycles. The predicted octanol–water partition coefficient (Wildman–Crippen LogP) is 4.52. The van der Waals surface area contributed by atoms with E-state index in [4.69, 9.17) is 21.4 Å². The van der Waals surface area contributed by atoms with Gasteiger partial charge in [-0.05, 0) is 46.4 Å². The van der Waals surface area contributed by atoms with Crippen LogP contribution >= 0.6 is 11.6 Å². The lowest BCUT2D eigenvalue weighted by molar-refractivity contribution is -0.111. The highest BCUT2D eigenvalue weighted by atomic mass is 35.5. The zero-order valence-corrected chi connectivity index (χ0v) is 18.6. The van der Waals surface area contributed by atoms with Gasteiger partial charge in [-0.25, -0.2) is 9.59 Å². The van der Waals surface area contributed by atoms with Crippen LogP contribution in [0.3, 0.4) is 0 Å². The normalized spacial score (nSPS) is 11.4. The highest BCUT2D eigenvalue weighted by Gasteiger charge is 2.28. The van der Waals surface area contributed by atoms with Crippen molar-refractivity contribution in [1.82, 2.24) is 5.32 Å². The van der Waals surface area contributed by atoms with Crippen molar-refractivity contribution in [1.29, 1.82) is 0 Å². The van der Waals surface area contributed by atoms with Crippen molar-refractivity contribution in [2.75, 3.05) is 18.5 Å². The first-order valence-corrected chi connectivity index (χ1v) is 10.7. The van der Waals surface area contributed by atoms with E-state index in [0.717, 1.165) is 22.3 Å². The molecule has 0 saturated heterocycles. The van der Waals surface area contributed by atoms with Gasteiger partial charge < -0.3 is 20.5 Å². The van der Waals surface area contributed by atoms with Gasteiger partial charge in [0.2, 0.25) is 0 Å². The van der Waals surface area contributed by atoms with Crippen LogP contribution in [0.15, 0.2) is 66.7 Å². The van der Waals surface area contributed by atoms with Gasteiger partial charge in [0.25, 0.3) is 5.91 Å². The number of hydrogen-bond donors (Lipinski definition) is 3. The fourth-order valence-electron chi connectivity index (χ4n) is 3.80. The smallest absolute Gasteiger partial charge is 0.407 e. The quantitative estimate of drug-likeness (QED) is 0.472. The number of ether oxygens (including phenoxy) is 1. The van der Waals surface area contributed by atoms with E-state index in [-0.39, 0.29) is 35.3 Å². The van der Waals surface area contributed by atoms with Gasteiger partial charge in [0.15, 0.2) is 0 Å². The van der Waals surface area contributed by atoms with E-state index in [1.165, 1.54) is 18.2 Å². The van der Waals surface area contributed by atoms with E-state index < -0.39 is 18.0 Å². The average Bonchev–Trinajstić information content (AvgIpc) is 3.15. The molecule has 1 aliphatic carbocycles. The second kappa shape index (κ2) is 10.1. The Morgan fingerprint density at radius 3 is 2.26 bits per heavy atom. The van der Waals surface area contributed by atoms with Crippen LogP contribution in [-0.2, 0) is 9.53 Å². The predicted molar refractivity (Wildman–Crippen MR) is 128 cm³/mol. The molecule has 34 heavy (non-hydrogen) atoms. The summed E-state index contributed by atoms with van der Waals surface area (Å²) in [5, 5.41) is 14.1. The van der Waals surface area contributed by atoms with Crippen LogP contribution in [-0.4, -0.2) is 36.2 Å². The van der Waals surface area contributed by atoms with Crippen LogP contribution in [0.1, 0.15) is 27.4 Å². The maximum absolute atomic E-state index is 12.1. The molecule has 3 N–H and O–H groups in total. The second-order valence-electron chi connectivity index (χ2n) is 7.43. The number of carbonyl (C=O) groups is 3. The van der Waals surface area contributed by atoms with E-state index in [0.29, 0.717) is 0 Å². The average molecular weight is 475 g/mol. The summed E-state index contributed by atoms with van der Waals surface area (Å²) in [4.78, 5) is 35.2. The number of halogens is 1. The molecule has 0 unspecified atom stereocenters. The highest BCUT2D eigenvalue weighted by molar-refractivity contribution is 6.34. The summed E-state index contributed by atoms with van der Waals surface area (Å²) < 4.78 is 5.40. The third-order valence-corrected chi connectivity index (χ3v) is 5.66. The van der Waals surface area contributed by atoms with Crippen molar-refractivity contribution >= 4 is 35.3 Å². The number of nitrogens with one attached hydrogen (secondary N) is 2. The van der Waals surface area contributed by atoms with Gasteiger partial charge in [-0.1, -0.05) is 66.1 Å². The number of carboxylic acids is 1. The molecule has 0 aromatic heterocycles. The number of anilines is 1. The molecule has 3 aromatic rings. The van der Waals surface area contributed by atoms with Gasteiger partial charge in [-0.2, -0.15) is 0 Å². The standard InChI is InChI=1S/C26H19ClN2O5/c27-22-12-11-16(25(31)32)14-23(22)29-24(30)10-5-13-28-26(33)34-15-21-19-8-3-1-6-17(19)18-7-2-4-9-20(18)21/h1-4,6-9,11-12,14,21H,13,15H2,(H,28,33)(H,29,30)(H,31,32). The molecule has 8 heteroatoms. The number of aromatic carboxylic acids is 1. The van der Waals surface area contributed by atoms with Gasteiger partial charge in [-0.3, -0.25) is 4.79 Å². The lowest BCUT2D eigenvalue weighted by Gasteiger charge is -2.14. The maximum Gasteiger partial charge on any atom is 0.407 e. The van der Waals surface area contributed by atoms with Crippen LogP contribution in [0.4, 0.5) is 10.5 Å². The summed E-state index contributed by atoms with van der Waals surface area (Å²) in [6, 6.07) is 20.0. The SMILES string of the molecule is O=C(C#CCNC(=O)OCC1c2ccccc2-c2ccccc21)Nc1cc(C(=O)O)ccc1Cl. The second-order valence-corrected chi connectivity index (χ2v) is 7.84. The van der Waals surface area contributed by atoms with Crippen LogP contribution in [0.2, 0.25) is 5.02 Å². The van der Waals surface area contributed by atoms with Gasteiger partial charge >= 0.3 is 12.1 Å². The summed E-state index contributed by atoms with van der Waals surface area (Å²) in [7, 11) is 0. The van der Waals surface area contributed by atoms with Crippen molar-refractivity contribution in [3.05, 3.63) is 88.4 Å². The number of fused-ring (bicyclic) bond motifs is 3. The Kier molecular flexibility index (Phi) is 6.81. The zero-order valence-electron chi connectivity index (χ0n) is 17.8. The summed E-state index contributed by atoms with van der Waals surface area (Å²) in [5.74, 6) is 2.93. The molecule has 0 radical (unpaired) electrons. The van der Waals surface area contributed by atoms with Crippen LogP contribution in [0.5, 0.6) is 0 Å². The Balaban J connectivity index is 1.29. The molecule has 1 aliphatic rings. The number of rotatable bonds is 5. The van der Waals surface area contributed by atoms with E-state index in [2.05, 4.69) is 34.6 Å². The number of hydrogen-bond acceptors (Lipinski definition) is 4. The van der Waals surface area contributed by atoms with Crippen molar-refractivity contribution in [2.45, 2.75) is 5.92 Å². The number of carbonyl (C=O) groups excluding carboxylic acids is 2. The maximum atomic E-state index is 12.1. The molecule has 7 nitrogen and oxygen atoms in total. The van der Waals surface area contributed by atoms with Gasteiger partial charge in [-0.15, -0.1) is 0 Å². The summed E-state index contributed by atoms with van der Waals surface area (Å²) >= 11 is 5.97. The summed E-state index contributed by atoms with van der Waals surface area (Å²) in [6.45, 7) is 0.0686. The van der Waals surface area contributed by atoms with Crippen molar-refractivity contribution in [2.24, 2.45) is 0 Å². The van der Waals surface area contributed by atoms with Crippen molar-refractivity contribution < 1.29 is 24.2 Å². The topological polar surface area (TPSA) is 105 Å². The van der Waals surface area contributed by atoms with E-state index in [1.54, 1.807) is 0 Å². The van der Waals surface area contributed by atoms with Gasteiger partial charge in [0.1, 0.15) is 6.61 Å². The zero-order chi connectivity index (χ0) is 24.1. The largest absolute Gasteiger partial charge is 0.478 e. The Morgan fingerprint density at radius 2 is 1.62 bits per heavy atom. The fourth-order valence-corrected chi connectivity index (χ4v) is 3.96. The minimum atomic E-state index is -1.15. The molecule has 0 fully saturated rings. The highest BCUT2D eigenvalue weighted by Crippen LogP contribution is 2.44. The molecule has 0 spiro atoms. The first kappa shape index (κ1) is 22.9. The third-order valence-electron chi connectivity index (χ3n) is 5.33. The Bertz CT molecular complexity index is 1300. The molecular weight excluding hydrogens is 456 g/mol. The molecule has 0 aliphatic heterocycles. The Labute approximate surface area is 200 Å². The van der Waals surface area contributed by atoms with Crippen LogP contribution in [0.25, 0.3) is 11.1 Å². The van der Waals surface area contributed by atoms with E-state index in [1.807, 2.05) is 36.4 Å². The first-order chi connectivity index (χ1) is 16.4. The lowest BCUT2D eigenvalue weighted by Crippen LogP contribution is -2.26. The molecule has 4 rings (SSSR count). The van der Waals surface area contributed by atoms with Gasteiger partial charge in [0.05, 0.1) is 22.8 Å². The number of alkyl carbamates (subject to hydrolysis) is 1. The molecule has 3 aromatic carbocycles. The number of benzene rings is 3. The molecule has 0 bridgehead atoms. The minimum absolute atomic E-state index is 0.0235. The first-order valence-electron chi connectivity index (χ1n) is 10.4. The van der Waals surface area contributed by atoms with E-state index in [9.17, 15) is 14.4 Å². The molecule has 170 valence electrons. The van der Waals surface area contributed by atoms with Crippen molar-refractivity contribution in [3.8, 4) is 23.0 Å². The monoisotopic (exact) mass is 474 g/mol.